The van der Waals surface area contributed by atoms with Gasteiger partial charge in [0.05, 0.1) is 0 Å². The summed E-state index contributed by atoms with van der Waals surface area (Å²) in [6.45, 7) is 10.7. The topological polar surface area (TPSA) is 66.9 Å². The van der Waals surface area contributed by atoms with Gasteiger partial charge in [-0.05, 0) is 49.9 Å². The molecule has 23 heavy (non-hydrogen) atoms. The Labute approximate surface area is 137 Å². The molecule has 1 heterocycles. The first-order valence-corrected chi connectivity index (χ1v) is 7.83. The van der Waals surface area contributed by atoms with Gasteiger partial charge in [0.25, 0.3) is 5.91 Å². The number of carbonyl (C=O) groups is 1. The van der Waals surface area contributed by atoms with Crippen molar-refractivity contribution < 1.29 is 4.79 Å². The van der Waals surface area contributed by atoms with Crippen LogP contribution in [0.4, 0.5) is 11.5 Å². The van der Waals surface area contributed by atoms with E-state index in [9.17, 15) is 4.79 Å². The van der Waals surface area contributed by atoms with Crippen LogP contribution in [0.2, 0.25) is 0 Å². The van der Waals surface area contributed by atoms with E-state index in [1.807, 2.05) is 6.07 Å². The van der Waals surface area contributed by atoms with Gasteiger partial charge in [0.1, 0.15) is 17.3 Å². The highest BCUT2D eigenvalue weighted by Gasteiger charge is 2.11. The fraction of sp³-hybridized carbons (Fsp3) is 0.389. The number of rotatable bonds is 5. The van der Waals surface area contributed by atoms with Gasteiger partial charge in [-0.15, -0.1) is 0 Å². The van der Waals surface area contributed by atoms with Gasteiger partial charge in [-0.1, -0.05) is 19.9 Å². The molecule has 5 heteroatoms. The smallest absolute Gasteiger partial charge is 0.270 e. The Morgan fingerprint density at radius 3 is 2.48 bits per heavy atom. The van der Waals surface area contributed by atoms with Crippen LogP contribution in [0.5, 0.6) is 0 Å². The van der Waals surface area contributed by atoms with Crippen molar-refractivity contribution in [2.45, 2.75) is 34.6 Å². The van der Waals surface area contributed by atoms with Crippen LogP contribution in [0.3, 0.4) is 0 Å². The monoisotopic (exact) mass is 312 g/mol. The zero-order valence-corrected chi connectivity index (χ0v) is 14.4. The maximum Gasteiger partial charge on any atom is 0.270 e. The maximum absolute atomic E-state index is 12.2. The van der Waals surface area contributed by atoms with Crippen LogP contribution in [0.25, 0.3) is 0 Å². The second-order valence-electron chi connectivity index (χ2n) is 6.21. The Morgan fingerprint density at radius 2 is 1.83 bits per heavy atom. The number of aryl methyl sites for hydroxylation is 3. The minimum Gasteiger partial charge on any atom is -0.350 e. The van der Waals surface area contributed by atoms with E-state index in [0.717, 1.165) is 5.69 Å². The fourth-order valence-corrected chi connectivity index (χ4v) is 2.10. The fourth-order valence-electron chi connectivity index (χ4n) is 2.10. The number of aromatic nitrogens is 2. The van der Waals surface area contributed by atoms with Crippen LogP contribution >= 0.6 is 0 Å². The summed E-state index contributed by atoms with van der Waals surface area (Å²) in [5.74, 6) is 1.41. The number of benzene rings is 1. The molecule has 2 aromatic rings. The molecule has 0 aliphatic carbocycles. The van der Waals surface area contributed by atoms with E-state index in [1.165, 1.54) is 11.1 Å². The lowest BCUT2D eigenvalue weighted by Crippen LogP contribution is -2.28. The number of nitrogens with zero attached hydrogens (tertiary/aromatic N) is 2. The number of amides is 1. The number of anilines is 2. The maximum atomic E-state index is 12.2. The molecule has 0 bridgehead atoms. The summed E-state index contributed by atoms with van der Waals surface area (Å²) in [5.41, 5.74) is 3.77. The summed E-state index contributed by atoms with van der Waals surface area (Å²) in [5, 5.41) is 6.12. The van der Waals surface area contributed by atoms with Crippen molar-refractivity contribution in [3.63, 3.8) is 0 Å². The van der Waals surface area contributed by atoms with E-state index in [4.69, 9.17) is 0 Å². The van der Waals surface area contributed by atoms with Crippen LogP contribution < -0.4 is 10.6 Å². The summed E-state index contributed by atoms with van der Waals surface area (Å²) in [4.78, 5) is 20.8. The summed E-state index contributed by atoms with van der Waals surface area (Å²) in [7, 11) is 0. The Kier molecular flexibility index (Phi) is 5.32. The Hall–Kier alpha value is -2.43. The molecule has 122 valence electrons. The van der Waals surface area contributed by atoms with E-state index in [-0.39, 0.29) is 5.91 Å². The summed E-state index contributed by atoms with van der Waals surface area (Å²) in [6.07, 6.45) is 0. The highest BCUT2D eigenvalue weighted by atomic mass is 16.1. The lowest BCUT2D eigenvalue weighted by Gasteiger charge is -2.11. The average molecular weight is 312 g/mol. The van der Waals surface area contributed by atoms with Gasteiger partial charge < -0.3 is 10.6 Å². The molecule has 0 radical (unpaired) electrons. The number of nitrogens with one attached hydrogen (secondary N) is 2. The molecule has 0 saturated heterocycles. The molecule has 0 fully saturated rings. The first-order valence-electron chi connectivity index (χ1n) is 7.83. The number of hydrogen-bond donors (Lipinski definition) is 2. The van der Waals surface area contributed by atoms with Crippen molar-refractivity contribution in [3.8, 4) is 0 Å². The predicted octanol–water partition coefficient (Wildman–Crippen LogP) is 3.53. The van der Waals surface area contributed by atoms with E-state index >= 15 is 0 Å². The molecule has 5 nitrogen and oxygen atoms in total. The number of carbonyl (C=O) groups excluding carboxylic acids is 1. The molecule has 2 N–H and O–H groups in total. The van der Waals surface area contributed by atoms with Gasteiger partial charge in [0.2, 0.25) is 0 Å². The largest absolute Gasteiger partial charge is 0.350 e. The van der Waals surface area contributed by atoms with Crippen molar-refractivity contribution >= 4 is 17.4 Å². The van der Waals surface area contributed by atoms with Gasteiger partial charge in [-0.2, -0.15) is 0 Å². The lowest BCUT2D eigenvalue weighted by molar-refractivity contribution is 0.0943. The van der Waals surface area contributed by atoms with E-state index in [1.54, 1.807) is 13.0 Å². The minimum atomic E-state index is -0.174. The first kappa shape index (κ1) is 16.9. The van der Waals surface area contributed by atoms with Crippen LogP contribution in [-0.2, 0) is 0 Å². The Morgan fingerprint density at radius 1 is 1.09 bits per heavy atom. The van der Waals surface area contributed by atoms with E-state index in [0.29, 0.717) is 29.8 Å². The van der Waals surface area contributed by atoms with Crippen molar-refractivity contribution in [3.05, 3.63) is 46.9 Å². The first-order chi connectivity index (χ1) is 10.8. The van der Waals surface area contributed by atoms with Crippen molar-refractivity contribution in [2.24, 2.45) is 5.92 Å². The molecule has 1 aromatic heterocycles. The molecule has 0 saturated carbocycles. The summed E-state index contributed by atoms with van der Waals surface area (Å²) < 4.78 is 0. The van der Waals surface area contributed by atoms with Crippen molar-refractivity contribution in [1.82, 2.24) is 15.3 Å². The quantitative estimate of drug-likeness (QED) is 0.886. The van der Waals surface area contributed by atoms with Gasteiger partial charge in [0.15, 0.2) is 0 Å². The van der Waals surface area contributed by atoms with Crippen LogP contribution in [0.1, 0.15) is 41.3 Å². The normalized spacial score (nSPS) is 10.7. The molecule has 1 aromatic carbocycles. The zero-order valence-electron chi connectivity index (χ0n) is 14.4. The summed E-state index contributed by atoms with van der Waals surface area (Å²) >= 11 is 0. The molecule has 0 atom stereocenters. The highest BCUT2D eigenvalue weighted by Crippen LogP contribution is 2.19. The second-order valence-corrected chi connectivity index (χ2v) is 6.21. The standard InChI is InChI=1S/C18H24N4O/c1-11(2)10-19-18(23)16-9-17(21-14(5)20-16)22-15-7-6-12(3)13(4)8-15/h6-9,11H,10H2,1-5H3,(H,19,23)(H,20,21,22). The van der Waals surface area contributed by atoms with E-state index < -0.39 is 0 Å². The average Bonchev–Trinajstić information content (AvgIpc) is 2.48. The molecule has 1 amide bonds. The van der Waals surface area contributed by atoms with Gasteiger partial charge in [0, 0.05) is 18.3 Å². The SMILES string of the molecule is Cc1nc(Nc2ccc(C)c(C)c2)cc(C(=O)NCC(C)C)n1. The lowest BCUT2D eigenvalue weighted by atomic mass is 10.1. The van der Waals surface area contributed by atoms with Gasteiger partial charge in [-0.3, -0.25) is 4.79 Å². The van der Waals surface area contributed by atoms with Crippen LogP contribution in [-0.4, -0.2) is 22.4 Å². The second kappa shape index (κ2) is 7.22. The van der Waals surface area contributed by atoms with E-state index in [2.05, 4.69) is 60.4 Å². The van der Waals surface area contributed by atoms with Crippen LogP contribution in [0, 0.1) is 26.7 Å². The molecule has 0 unspecified atom stereocenters. The molecule has 2 rings (SSSR count). The van der Waals surface area contributed by atoms with Crippen molar-refractivity contribution in [2.75, 3.05) is 11.9 Å². The Bertz CT molecular complexity index is 710. The molecular formula is C18H24N4O. The molecular weight excluding hydrogens is 288 g/mol. The zero-order chi connectivity index (χ0) is 17.0. The van der Waals surface area contributed by atoms with Crippen LogP contribution in [0.15, 0.2) is 24.3 Å². The summed E-state index contributed by atoms with van der Waals surface area (Å²) in [6, 6.07) is 7.80. The predicted molar refractivity (Wildman–Crippen MR) is 93.1 cm³/mol. The van der Waals surface area contributed by atoms with Gasteiger partial charge >= 0.3 is 0 Å². The van der Waals surface area contributed by atoms with Gasteiger partial charge in [-0.25, -0.2) is 9.97 Å². The molecule has 0 aliphatic rings. The third-order valence-electron chi connectivity index (χ3n) is 3.52. The molecule has 0 aliphatic heterocycles. The number of hydrogen-bond acceptors (Lipinski definition) is 4. The third kappa shape index (κ3) is 4.77. The minimum absolute atomic E-state index is 0.174. The molecule has 0 spiro atoms. The Balaban J connectivity index is 2.19. The highest BCUT2D eigenvalue weighted by molar-refractivity contribution is 5.93. The van der Waals surface area contributed by atoms with Crippen molar-refractivity contribution in [1.29, 1.82) is 0 Å². The third-order valence-corrected chi connectivity index (χ3v) is 3.52.